The Kier molecular flexibility index (Phi) is 4.39. The zero-order valence-corrected chi connectivity index (χ0v) is 12.1. The number of carboxylic acid groups (broad SMARTS) is 1. The second-order valence-corrected chi connectivity index (χ2v) is 5.19. The number of nitrogens with one attached hydrogen (secondary N) is 1. The van der Waals surface area contributed by atoms with Gasteiger partial charge in [0.1, 0.15) is 0 Å². The fraction of sp³-hybridized carbons (Fsp3) is 0.0769. The third-order valence-corrected chi connectivity index (χ3v) is 3.22. The second kappa shape index (κ2) is 6.04. The smallest absolute Gasteiger partial charge is 0.337 e. The van der Waals surface area contributed by atoms with Crippen molar-refractivity contribution in [3.8, 4) is 0 Å². The number of carboxylic acids is 1. The fourth-order valence-corrected chi connectivity index (χ4v) is 2.17. The molecule has 2 aromatic rings. The van der Waals surface area contributed by atoms with Gasteiger partial charge in [0.25, 0.3) is 0 Å². The molecule has 0 saturated carbocycles. The minimum Gasteiger partial charge on any atom is -0.478 e. The van der Waals surface area contributed by atoms with Gasteiger partial charge in [-0.1, -0.05) is 11.6 Å². The maximum absolute atomic E-state index is 11.0. The first kappa shape index (κ1) is 13.8. The van der Waals surface area contributed by atoms with Gasteiger partial charge in [-0.25, -0.2) is 4.79 Å². The van der Waals surface area contributed by atoms with Crippen molar-refractivity contribution in [3.63, 3.8) is 0 Å². The van der Waals surface area contributed by atoms with Crippen LogP contribution in [-0.4, -0.2) is 16.1 Å². The maximum Gasteiger partial charge on any atom is 0.337 e. The molecule has 0 bridgehead atoms. The monoisotopic (exact) mass is 340 g/mol. The zero-order valence-electron chi connectivity index (χ0n) is 9.73. The number of pyridine rings is 1. The molecule has 2 N–H and O–H groups in total. The van der Waals surface area contributed by atoms with E-state index in [0.717, 1.165) is 10.0 Å². The first-order chi connectivity index (χ1) is 9.06. The van der Waals surface area contributed by atoms with Gasteiger partial charge < -0.3 is 10.4 Å². The molecule has 0 unspecified atom stereocenters. The van der Waals surface area contributed by atoms with Gasteiger partial charge in [-0.3, -0.25) is 4.98 Å². The van der Waals surface area contributed by atoms with E-state index in [1.807, 2.05) is 6.07 Å². The summed E-state index contributed by atoms with van der Waals surface area (Å²) in [4.78, 5) is 15.0. The molecule has 1 aromatic heterocycles. The predicted molar refractivity (Wildman–Crippen MR) is 77.7 cm³/mol. The molecule has 19 heavy (non-hydrogen) atoms. The molecule has 0 amide bonds. The Hall–Kier alpha value is -1.59. The number of aromatic carboxylic acids is 1. The van der Waals surface area contributed by atoms with Gasteiger partial charge in [0.05, 0.1) is 10.6 Å². The van der Waals surface area contributed by atoms with Crippen LogP contribution in [0.1, 0.15) is 15.9 Å². The largest absolute Gasteiger partial charge is 0.478 e. The molecule has 98 valence electrons. The molecule has 0 aliphatic rings. The Morgan fingerprint density at radius 3 is 2.84 bits per heavy atom. The van der Waals surface area contributed by atoms with E-state index in [2.05, 4.69) is 26.2 Å². The summed E-state index contributed by atoms with van der Waals surface area (Å²) < 4.78 is 0.897. The van der Waals surface area contributed by atoms with Crippen molar-refractivity contribution >= 4 is 39.2 Å². The molecule has 1 heterocycles. The molecule has 0 saturated heterocycles. The summed E-state index contributed by atoms with van der Waals surface area (Å²) in [7, 11) is 0. The summed E-state index contributed by atoms with van der Waals surface area (Å²) in [6, 6.07) is 6.75. The van der Waals surface area contributed by atoms with Crippen LogP contribution in [0.3, 0.4) is 0 Å². The quantitative estimate of drug-likeness (QED) is 0.888. The van der Waals surface area contributed by atoms with Crippen molar-refractivity contribution < 1.29 is 9.90 Å². The Morgan fingerprint density at radius 1 is 1.37 bits per heavy atom. The highest BCUT2D eigenvalue weighted by Gasteiger charge is 2.09. The van der Waals surface area contributed by atoms with Crippen LogP contribution in [0.15, 0.2) is 41.1 Å². The molecule has 0 atom stereocenters. The third-order valence-electron chi connectivity index (χ3n) is 2.45. The second-order valence-electron chi connectivity index (χ2n) is 3.86. The number of anilines is 1. The van der Waals surface area contributed by atoms with E-state index in [9.17, 15) is 4.79 Å². The molecule has 0 aliphatic carbocycles. The average Bonchev–Trinajstić information content (AvgIpc) is 2.37. The molecule has 0 fully saturated rings. The van der Waals surface area contributed by atoms with Crippen LogP contribution in [0.2, 0.25) is 5.02 Å². The molecule has 6 heteroatoms. The molecule has 2 rings (SSSR count). The first-order valence-electron chi connectivity index (χ1n) is 5.42. The minimum absolute atomic E-state index is 0.0824. The lowest BCUT2D eigenvalue weighted by atomic mass is 10.2. The maximum atomic E-state index is 11.0. The summed E-state index contributed by atoms with van der Waals surface area (Å²) in [5.41, 5.74) is 1.77. The van der Waals surface area contributed by atoms with Gasteiger partial charge in [-0.05, 0) is 45.8 Å². The van der Waals surface area contributed by atoms with Crippen molar-refractivity contribution in [2.24, 2.45) is 0 Å². The number of hydrogen-bond acceptors (Lipinski definition) is 3. The number of carbonyl (C=O) groups is 1. The standard InChI is InChI=1S/C13H10BrClN2O2/c14-9-3-8(5-16-7-9)6-17-10-1-2-12(15)11(4-10)13(18)19/h1-5,7,17H,6H2,(H,18,19). The van der Waals surface area contributed by atoms with E-state index in [-0.39, 0.29) is 10.6 Å². The van der Waals surface area contributed by atoms with Crippen LogP contribution in [0.5, 0.6) is 0 Å². The summed E-state index contributed by atoms with van der Waals surface area (Å²) in [5, 5.41) is 12.3. The lowest BCUT2D eigenvalue weighted by molar-refractivity contribution is 0.0697. The Morgan fingerprint density at radius 2 is 2.16 bits per heavy atom. The number of benzene rings is 1. The highest BCUT2D eigenvalue weighted by atomic mass is 79.9. The van der Waals surface area contributed by atoms with Gasteiger partial charge in [-0.15, -0.1) is 0 Å². The minimum atomic E-state index is -1.04. The van der Waals surface area contributed by atoms with Crippen LogP contribution < -0.4 is 5.32 Å². The van der Waals surface area contributed by atoms with Crippen LogP contribution >= 0.6 is 27.5 Å². The molecule has 0 aliphatic heterocycles. The molecule has 1 aromatic carbocycles. The molecule has 4 nitrogen and oxygen atoms in total. The van der Waals surface area contributed by atoms with E-state index in [1.165, 1.54) is 6.07 Å². The molecule has 0 spiro atoms. The Bertz CT molecular complexity index is 619. The number of aromatic nitrogens is 1. The van der Waals surface area contributed by atoms with Gasteiger partial charge in [0.15, 0.2) is 0 Å². The highest BCUT2D eigenvalue weighted by Crippen LogP contribution is 2.21. The van der Waals surface area contributed by atoms with Gasteiger partial charge >= 0.3 is 5.97 Å². The van der Waals surface area contributed by atoms with Crippen molar-refractivity contribution in [2.45, 2.75) is 6.54 Å². The predicted octanol–water partition coefficient (Wildman–Crippen LogP) is 3.81. The zero-order chi connectivity index (χ0) is 13.8. The lowest BCUT2D eigenvalue weighted by Crippen LogP contribution is -2.03. The van der Waals surface area contributed by atoms with E-state index < -0.39 is 5.97 Å². The summed E-state index contributed by atoms with van der Waals surface area (Å²) in [6.07, 6.45) is 3.44. The number of rotatable bonds is 4. The van der Waals surface area contributed by atoms with E-state index >= 15 is 0 Å². The van der Waals surface area contributed by atoms with Crippen molar-refractivity contribution in [2.75, 3.05) is 5.32 Å². The normalized spacial score (nSPS) is 10.2. The average molecular weight is 342 g/mol. The van der Waals surface area contributed by atoms with Crippen molar-refractivity contribution in [3.05, 3.63) is 57.3 Å². The van der Waals surface area contributed by atoms with E-state index in [0.29, 0.717) is 12.2 Å². The van der Waals surface area contributed by atoms with Crippen LogP contribution in [-0.2, 0) is 6.54 Å². The lowest BCUT2D eigenvalue weighted by Gasteiger charge is -2.08. The third kappa shape index (κ3) is 3.68. The molecular formula is C13H10BrClN2O2. The molecule has 0 radical (unpaired) electrons. The summed E-state index contributed by atoms with van der Waals surface area (Å²) >= 11 is 9.15. The topological polar surface area (TPSA) is 62.2 Å². The van der Waals surface area contributed by atoms with E-state index in [4.69, 9.17) is 16.7 Å². The SMILES string of the molecule is O=C(O)c1cc(NCc2cncc(Br)c2)ccc1Cl. The number of halogens is 2. The van der Waals surface area contributed by atoms with Gasteiger partial charge in [0.2, 0.25) is 0 Å². The van der Waals surface area contributed by atoms with Crippen LogP contribution in [0.25, 0.3) is 0 Å². The first-order valence-corrected chi connectivity index (χ1v) is 6.59. The van der Waals surface area contributed by atoms with Gasteiger partial charge in [0, 0.05) is 29.1 Å². The fourth-order valence-electron chi connectivity index (χ4n) is 1.56. The van der Waals surface area contributed by atoms with Crippen LogP contribution in [0, 0.1) is 0 Å². The van der Waals surface area contributed by atoms with E-state index in [1.54, 1.807) is 24.5 Å². The number of hydrogen-bond donors (Lipinski definition) is 2. The van der Waals surface area contributed by atoms with Crippen molar-refractivity contribution in [1.29, 1.82) is 0 Å². The van der Waals surface area contributed by atoms with Crippen LogP contribution in [0.4, 0.5) is 5.69 Å². The number of nitrogens with zero attached hydrogens (tertiary/aromatic N) is 1. The molecular weight excluding hydrogens is 332 g/mol. The Balaban J connectivity index is 2.12. The van der Waals surface area contributed by atoms with Crippen molar-refractivity contribution in [1.82, 2.24) is 4.98 Å². The summed E-state index contributed by atoms with van der Waals surface area (Å²) in [5.74, 6) is -1.04. The summed E-state index contributed by atoms with van der Waals surface area (Å²) in [6.45, 7) is 0.549. The van der Waals surface area contributed by atoms with Gasteiger partial charge in [-0.2, -0.15) is 0 Å². The highest BCUT2D eigenvalue weighted by molar-refractivity contribution is 9.10. The Labute approximate surface area is 123 Å².